The van der Waals surface area contributed by atoms with E-state index in [-0.39, 0.29) is 11.3 Å². The standard InChI is InChI=1S/C12H23BrF3N/c1-5-6-17(9-12(14,15)16)8-10(7-13)11(2,3)4/h10H,5-9H2,1-4H3. The maximum atomic E-state index is 12.4. The van der Waals surface area contributed by atoms with Crippen LogP contribution in [0.1, 0.15) is 34.1 Å². The van der Waals surface area contributed by atoms with Crippen molar-refractivity contribution in [1.82, 2.24) is 4.90 Å². The minimum Gasteiger partial charge on any atom is -0.295 e. The minimum absolute atomic E-state index is 0.0150. The van der Waals surface area contributed by atoms with Crippen molar-refractivity contribution in [1.29, 1.82) is 0 Å². The molecule has 0 aromatic heterocycles. The molecule has 0 aliphatic rings. The van der Waals surface area contributed by atoms with E-state index < -0.39 is 12.7 Å². The molecule has 0 aliphatic carbocycles. The smallest absolute Gasteiger partial charge is 0.295 e. The van der Waals surface area contributed by atoms with Gasteiger partial charge in [-0.15, -0.1) is 0 Å². The van der Waals surface area contributed by atoms with Gasteiger partial charge in [0.2, 0.25) is 0 Å². The molecule has 0 aromatic rings. The van der Waals surface area contributed by atoms with E-state index in [1.807, 2.05) is 6.92 Å². The van der Waals surface area contributed by atoms with E-state index in [0.717, 1.165) is 11.8 Å². The van der Waals surface area contributed by atoms with Gasteiger partial charge < -0.3 is 0 Å². The average molecular weight is 318 g/mol. The second-order valence-electron chi connectivity index (χ2n) is 5.57. The molecule has 0 saturated heterocycles. The fraction of sp³-hybridized carbons (Fsp3) is 1.00. The van der Waals surface area contributed by atoms with E-state index in [4.69, 9.17) is 0 Å². The fourth-order valence-corrected chi connectivity index (χ4v) is 2.85. The van der Waals surface area contributed by atoms with Gasteiger partial charge in [0, 0.05) is 11.9 Å². The lowest BCUT2D eigenvalue weighted by Gasteiger charge is -2.34. The van der Waals surface area contributed by atoms with Gasteiger partial charge >= 0.3 is 6.18 Å². The first-order valence-corrected chi connectivity index (χ1v) is 7.07. The van der Waals surface area contributed by atoms with Crippen molar-refractivity contribution in [2.24, 2.45) is 11.3 Å². The number of halogens is 4. The van der Waals surface area contributed by atoms with E-state index in [9.17, 15) is 13.2 Å². The Balaban J connectivity index is 4.51. The van der Waals surface area contributed by atoms with Crippen molar-refractivity contribution >= 4 is 15.9 Å². The minimum atomic E-state index is -4.11. The molecule has 5 heteroatoms. The highest BCUT2D eigenvalue weighted by molar-refractivity contribution is 9.09. The molecule has 1 nitrogen and oxygen atoms in total. The molecule has 0 saturated carbocycles. The maximum Gasteiger partial charge on any atom is 0.401 e. The molecule has 0 fully saturated rings. The summed E-state index contributed by atoms with van der Waals surface area (Å²) in [4.78, 5) is 1.51. The summed E-state index contributed by atoms with van der Waals surface area (Å²) in [6, 6.07) is 0. The second kappa shape index (κ2) is 6.98. The van der Waals surface area contributed by atoms with Gasteiger partial charge in [-0.2, -0.15) is 13.2 Å². The number of rotatable bonds is 6. The van der Waals surface area contributed by atoms with Crippen molar-refractivity contribution in [3.8, 4) is 0 Å². The molecule has 0 aliphatic heterocycles. The highest BCUT2D eigenvalue weighted by Gasteiger charge is 2.33. The summed E-state index contributed by atoms with van der Waals surface area (Å²) in [6.45, 7) is 8.29. The zero-order chi connectivity index (χ0) is 13.7. The predicted molar refractivity (Wildman–Crippen MR) is 69.5 cm³/mol. The Morgan fingerprint density at radius 1 is 1.18 bits per heavy atom. The average Bonchev–Trinajstić information content (AvgIpc) is 2.09. The molecule has 0 heterocycles. The Labute approximate surface area is 111 Å². The van der Waals surface area contributed by atoms with Gasteiger partial charge in [-0.3, -0.25) is 4.90 Å². The molecular weight excluding hydrogens is 295 g/mol. The third-order valence-electron chi connectivity index (χ3n) is 2.83. The largest absolute Gasteiger partial charge is 0.401 e. The first kappa shape index (κ1) is 17.2. The Morgan fingerprint density at radius 3 is 2.00 bits per heavy atom. The molecule has 0 aromatic carbocycles. The lowest BCUT2D eigenvalue weighted by atomic mass is 9.81. The van der Waals surface area contributed by atoms with Crippen LogP contribution in [0.4, 0.5) is 13.2 Å². The number of alkyl halides is 4. The Hall–Kier alpha value is 0.230. The van der Waals surface area contributed by atoms with Crippen LogP contribution in [0, 0.1) is 11.3 Å². The van der Waals surface area contributed by atoms with Crippen molar-refractivity contribution in [2.45, 2.75) is 40.3 Å². The summed E-state index contributed by atoms with van der Waals surface area (Å²) in [5.74, 6) is 0.219. The quantitative estimate of drug-likeness (QED) is 0.659. The molecule has 104 valence electrons. The van der Waals surface area contributed by atoms with Crippen LogP contribution in [0.5, 0.6) is 0 Å². The van der Waals surface area contributed by atoms with Crippen molar-refractivity contribution in [3.05, 3.63) is 0 Å². The fourth-order valence-electron chi connectivity index (χ4n) is 1.67. The third-order valence-corrected chi connectivity index (χ3v) is 3.61. The van der Waals surface area contributed by atoms with E-state index in [2.05, 4.69) is 36.7 Å². The van der Waals surface area contributed by atoms with E-state index in [1.54, 1.807) is 0 Å². The number of hydrogen-bond acceptors (Lipinski definition) is 1. The van der Waals surface area contributed by atoms with Crippen molar-refractivity contribution < 1.29 is 13.2 Å². The zero-order valence-corrected chi connectivity index (χ0v) is 12.7. The molecule has 1 unspecified atom stereocenters. The summed E-state index contributed by atoms with van der Waals surface area (Å²) in [5, 5.41) is 0.731. The Bertz CT molecular complexity index is 211. The normalized spacial score (nSPS) is 15.4. The molecule has 1 atom stereocenters. The SMILES string of the molecule is CCCN(CC(CBr)C(C)(C)C)CC(F)(F)F. The number of nitrogens with zero attached hydrogens (tertiary/aromatic N) is 1. The second-order valence-corrected chi connectivity index (χ2v) is 6.22. The summed E-state index contributed by atoms with van der Waals surface area (Å²) in [6.07, 6.45) is -3.36. The van der Waals surface area contributed by atoms with Gasteiger partial charge in [0.05, 0.1) is 6.54 Å². The van der Waals surface area contributed by atoms with Gasteiger partial charge in [-0.05, 0) is 24.3 Å². The molecule has 0 radical (unpaired) electrons. The van der Waals surface area contributed by atoms with Crippen LogP contribution in [0.3, 0.4) is 0 Å². The highest BCUT2D eigenvalue weighted by atomic mass is 79.9. The molecule has 0 spiro atoms. The van der Waals surface area contributed by atoms with Crippen LogP contribution in [0.2, 0.25) is 0 Å². The van der Waals surface area contributed by atoms with Gasteiger partial charge in [-0.1, -0.05) is 43.6 Å². The van der Waals surface area contributed by atoms with Crippen LogP contribution in [-0.2, 0) is 0 Å². The van der Waals surface area contributed by atoms with Gasteiger partial charge in [0.1, 0.15) is 0 Å². The molecule has 0 bridgehead atoms. The summed E-state index contributed by atoms with van der Waals surface area (Å²) < 4.78 is 37.3. The third kappa shape index (κ3) is 8.03. The summed E-state index contributed by atoms with van der Waals surface area (Å²) in [5.41, 5.74) is 0.0150. The zero-order valence-electron chi connectivity index (χ0n) is 11.1. The first-order chi connectivity index (χ1) is 7.60. The van der Waals surface area contributed by atoms with Crippen LogP contribution < -0.4 is 0 Å². The first-order valence-electron chi connectivity index (χ1n) is 5.95. The Morgan fingerprint density at radius 2 is 1.71 bits per heavy atom. The van der Waals surface area contributed by atoms with Gasteiger partial charge in [-0.25, -0.2) is 0 Å². The predicted octanol–water partition coefficient (Wildman–Crippen LogP) is 4.32. The van der Waals surface area contributed by atoms with Crippen LogP contribution in [0.25, 0.3) is 0 Å². The van der Waals surface area contributed by atoms with E-state index >= 15 is 0 Å². The Kier molecular flexibility index (Phi) is 7.07. The van der Waals surface area contributed by atoms with Gasteiger partial charge in [0.15, 0.2) is 0 Å². The van der Waals surface area contributed by atoms with Crippen molar-refractivity contribution in [2.75, 3.05) is 25.0 Å². The molecule has 17 heavy (non-hydrogen) atoms. The van der Waals surface area contributed by atoms with Crippen molar-refractivity contribution in [3.63, 3.8) is 0 Å². The van der Waals surface area contributed by atoms with Crippen LogP contribution in [0.15, 0.2) is 0 Å². The molecular formula is C12H23BrF3N. The lowest BCUT2D eigenvalue weighted by Crippen LogP contribution is -2.41. The number of hydrogen-bond donors (Lipinski definition) is 0. The molecule has 0 rings (SSSR count). The summed E-state index contributed by atoms with van der Waals surface area (Å²) in [7, 11) is 0. The topological polar surface area (TPSA) is 3.24 Å². The van der Waals surface area contributed by atoms with E-state index in [0.29, 0.717) is 13.1 Å². The van der Waals surface area contributed by atoms with E-state index in [1.165, 1.54) is 4.90 Å². The monoisotopic (exact) mass is 317 g/mol. The highest BCUT2D eigenvalue weighted by Crippen LogP contribution is 2.29. The summed E-state index contributed by atoms with van der Waals surface area (Å²) >= 11 is 3.40. The maximum absolute atomic E-state index is 12.4. The lowest BCUT2D eigenvalue weighted by molar-refractivity contribution is -0.148. The van der Waals surface area contributed by atoms with Crippen LogP contribution >= 0.6 is 15.9 Å². The molecule has 0 N–H and O–H groups in total. The molecule has 0 amide bonds. The van der Waals surface area contributed by atoms with Gasteiger partial charge in [0.25, 0.3) is 0 Å². The van der Waals surface area contributed by atoms with Crippen LogP contribution in [-0.4, -0.2) is 36.0 Å².